The van der Waals surface area contributed by atoms with Gasteiger partial charge in [0.2, 0.25) is 0 Å². The van der Waals surface area contributed by atoms with Crippen molar-refractivity contribution in [2.75, 3.05) is 5.75 Å². The van der Waals surface area contributed by atoms with Crippen LogP contribution >= 0.6 is 11.8 Å². The molecule has 5 N–H and O–H groups in total. The Balaban J connectivity index is 3.92. The van der Waals surface area contributed by atoms with Crippen molar-refractivity contribution in [2.24, 2.45) is 11.5 Å². The van der Waals surface area contributed by atoms with Crippen LogP contribution in [-0.4, -0.2) is 22.4 Å². The summed E-state index contributed by atoms with van der Waals surface area (Å²) in [6.45, 7) is 4.85. The Bertz CT molecular complexity index is 179. The first-order valence-electron chi connectivity index (χ1n) is 2.95. The van der Waals surface area contributed by atoms with Crippen molar-refractivity contribution in [3.05, 3.63) is 11.6 Å². The van der Waals surface area contributed by atoms with E-state index in [1.165, 1.54) is 6.92 Å². The summed E-state index contributed by atoms with van der Waals surface area (Å²) in [7, 11) is 0. The quantitative estimate of drug-likeness (QED) is 0.559. The van der Waals surface area contributed by atoms with Gasteiger partial charge in [-0.15, -0.1) is 11.8 Å². The van der Waals surface area contributed by atoms with Crippen molar-refractivity contribution >= 4 is 17.7 Å². The van der Waals surface area contributed by atoms with Crippen molar-refractivity contribution in [1.82, 2.24) is 0 Å². The summed E-state index contributed by atoms with van der Waals surface area (Å²) in [5.74, 6) is -0.802. The highest BCUT2D eigenvalue weighted by Crippen LogP contribution is 2.14. The largest absolute Gasteiger partial charge is 0.480 e. The monoisotopic (exact) mass is 176 g/mol. The fraction of sp³-hybridized carbons (Fsp3) is 0.500. The number of hydrogen-bond acceptors (Lipinski definition) is 4. The zero-order chi connectivity index (χ0) is 9.07. The van der Waals surface area contributed by atoms with Crippen LogP contribution in [0, 0.1) is 0 Å². The van der Waals surface area contributed by atoms with Crippen LogP contribution in [0.3, 0.4) is 0 Å². The summed E-state index contributed by atoms with van der Waals surface area (Å²) in [5.41, 5.74) is 9.38. The molecular weight excluding hydrogens is 164 g/mol. The number of nitrogens with two attached hydrogens (primary N) is 2. The number of aliphatic carboxylic acids is 1. The van der Waals surface area contributed by atoms with Gasteiger partial charge in [-0.2, -0.15) is 0 Å². The van der Waals surface area contributed by atoms with Gasteiger partial charge in [0.15, 0.2) is 0 Å². The first kappa shape index (κ1) is 10.3. The van der Waals surface area contributed by atoms with E-state index in [4.69, 9.17) is 16.6 Å². The summed E-state index contributed by atoms with van der Waals surface area (Å²) in [5, 5.41) is 8.92. The summed E-state index contributed by atoms with van der Waals surface area (Å²) < 4.78 is 0. The smallest absolute Gasteiger partial charge is 0.324 e. The van der Waals surface area contributed by atoms with Gasteiger partial charge in [-0.3, -0.25) is 4.79 Å². The minimum atomic E-state index is -1.23. The van der Waals surface area contributed by atoms with Crippen molar-refractivity contribution in [2.45, 2.75) is 12.5 Å². The maximum absolute atomic E-state index is 10.4. The molecule has 0 spiro atoms. The second kappa shape index (κ2) is 3.64. The predicted molar refractivity (Wildman–Crippen MR) is 46.0 cm³/mol. The Morgan fingerprint density at radius 1 is 1.82 bits per heavy atom. The van der Waals surface area contributed by atoms with Gasteiger partial charge in [-0.05, 0) is 6.92 Å². The molecule has 0 aromatic heterocycles. The van der Waals surface area contributed by atoms with E-state index < -0.39 is 11.5 Å². The number of thioether (sulfide) groups is 1. The van der Waals surface area contributed by atoms with Gasteiger partial charge in [-0.1, -0.05) is 6.58 Å². The van der Waals surface area contributed by atoms with E-state index in [2.05, 4.69) is 6.58 Å². The first-order chi connectivity index (χ1) is 4.86. The summed E-state index contributed by atoms with van der Waals surface area (Å²) in [4.78, 5) is 10.4. The SMILES string of the molecule is C=C(N)SCC(C)(N)C(=O)O. The molecule has 0 aromatic carbocycles. The van der Waals surface area contributed by atoms with E-state index in [-0.39, 0.29) is 5.75 Å². The van der Waals surface area contributed by atoms with Gasteiger partial charge in [0.1, 0.15) is 5.54 Å². The van der Waals surface area contributed by atoms with Crippen molar-refractivity contribution in [3.63, 3.8) is 0 Å². The maximum atomic E-state index is 10.4. The zero-order valence-corrected chi connectivity index (χ0v) is 7.15. The van der Waals surface area contributed by atoms with Crippen LogP contribution in [0.25, 0.3) is 0 Å². The van der Waals surface area contributed by atoms with Gasteiger partial charge in [-0.25, -0.2) is 0 Å². The molecule has 11 heavy (non-hydrogen) atoms. The molecule has 0 heterocycles. The average Bonchev–Trinajstić information content (AvgIpc) is 1.84. The maximum Gasteiger partial charge on any atom is 0.324 e. The molecule has 0 aliphatic rings. The van der Waals surface area contributed by atoms with Gasteiger partial charge in [0.05, 0.1) is 5.03 Å². The van der Waals surface area contributed by atoms with Gasteiger partial charge >= 0.3 is 5.97 Å². The number of carboxylic acid groups (broad SMARTS) is 1. The van der Waals surface area contributed by atoms with Crippen LogP contribution in [0.15, 0.2) is 11.6 Å². The van der Waals surface area contributed by atoms with Crippen LogP contribution in [0.2, 0.25) is 0 Å². The Labute approximate surface area is 69.6 Å². The lowest BCUT2D eigenvalue weighted by Crippen LogP contribution is -2.47. The van der Waals surface area contributed by atoms with E-state index in [9.17, 15) is 4.79 Å². The molecule has 0 saturated carbocycles. The lowest BCUT2D eigenvalue weighted by atomic mass is 10.1. The highest BCUT2D eigenvalue weighted by Gasteiger charge is 2.27. The molecule has 0 aliphatic carbocycles. The normalized spacial score (nSPS) is 15.5. The summed E-state index contributed by atoms with van der Waals surface area (Å²) in [6, 6.07) is 0. The highest BCUT2D eigenvalue weighted by molar-refractivity contribution is 8.03. The molecule has 64 valence electrons. The number of hydrogen-bond donors (Lipinski definition) is 3. The van der Waals surface area contributed by atoms with Crippen LogP contribution in [0.4, 0.5) is 0 Å². The Hall–Kier alpha value is -0.680. The Kier molecular flexibility index (Phi) is 3.41. The molecule has 0 rings (SSSR count). The van der Waals surface area contributed by atoms with Gasteiger partial charge in [0.25, 0.3) is 0 Å². The third-order valence-electron chi connectivity index (χ3n) is 1.05. The van der Waals surface area contributed by atoms with E-state index in [1.807, 2.05) is 0 Å². The summed E-state index contributed by atoms with van der Waals surface area (Å²) in [6.07, 6.45) is 0. The fourth-order valence-corrected chi connectivity index (χ4v) is 0.913. The van der Waals surface area contributed by atoms with Crippen LogP contribution < -0.4 is 11.5 Å². The van der Waals surface area contributed by atoms with Crippen LogP contribution in [0.1, 0.15) is 6.92 Å². The van der Waals surface area contributed by atoms with Crippen molar-refractivity contribution in [1.29, 1.82) is 0 Å². The molecular formula is C6H12N2O2S. The van der Waals surface area contributed by atoms with E-state index in [0.29, 0.717) is 5.03 Å². The van der Waals surface area contributed by atoms with Crippen LogP contribution in [0.5, 0.6) is 0 Å². The number of rotatable bonds is 4. The average molecular weight is 176 g/mol. The standard InChI is InChI=1S/C6H12N2O2S/c1-4(7)11-3-6(2,8)5(9)10/h1,3,7-8H2,2H3,(H,9,10). The van der Waals surface area contributed by atoms with Crippen molar-refractivity contribution in [3.8, 4) is 0 Å². The molecule has 0 amide bonds. The minimum absolute atomic E-state index is 0.234. The van der Waals surface area contributed by atoms with Gasteiger partial charge in [0, 0.05) is 5.75 Å². The lowest BCUT2D eigenvalue weighted by molar-refractivity contribution is -0.141. The topological polar surface area (TPSA) is 89.3 Å². The second-order valence-corrected chi connectivity index (χ2v) is 3.58. The molecule has 1 atom stereocenters. The molecule has 1 unspecified atom stereocenters. The number of carboxylic acids is 1. The lowest BCUT2D eigenvalue weighted by Gasteiger charge is -2.17. The second-order valence-electron chi connectivity index (χ2n) is 2.48. The molecule has 0 aliphatic heterocycles. The highest BCUT2D eigenvalue weighted by atomic mass is 32.2. The molecule has 5 heteroatoms. The third-order valence-corrected chi connectivity index (χ3v) is 2.16. The van der Waals surface area contributed by atoms with E-state index in [1.54, 1.807) is 0 Å². The molecule has 0 bridgehead atoms. The third kappa shape index (κ3) is 3.90. The van der Waals surface area contributed by atoms with Crippen molar-refractivity contribution < 1.29 is 9.90 Å². The summed E-state index contributed by atoms with van der Waals surface area (Å²) >= 11 is 1.14. The number of carbonyl (C=O) groups is 1. The van der Waals surface area contributed by atoms with Crippen LogP contribution in [-0.2, 0) is 4.79 Å². The molecule has 0 radical (unpaired) electrons. The molecule has 4 nitrogen and oxygen atoms in total. The molecule has 0 fully saturated rings. The Morgan fingerprint density at radius 2 is 2.27 bits per heavy atom. The van der Waals surface area contributed by atoms with E-state index in [0.717, 1.165) is 11.8 Å². The minimum Gasteiger partial charge on any atom is -0.480 e. The van der Waals surface area contributed by atoms with E-state index >= 15 is 0 Å². The fourth-order valence-electron chi connectivity index (χ4n) is 0.304. The first-order valence-corrected chi connectivity index (χ1v) is 3.94. The zero-order valence-electron chi connectivity index (χ0n) is 6.33. The van der Waals surface area contributed by atoms with Gasteiger partial charge < -0.3 is 16.6 Å². The Morgan fingerprint density at radius 3 is 2.55 bits per heavy atom. The molecule has 0 aromatic rings. The molecule has 0 saturated heterocycles. The predicted octanol–water partition coefficient (Wildman–Crippen LogP) is -0.0485.